The molecule has 1 atom stereocenters. The minimum atomic E-state index is -0.471. The van der Waals surface area contributed by atoms with Crippen molar-refractivity contribution in [3.05, 3.63) is 42.0 Å². The highest BCUT2D eigenvalue weighted by Crippen LogP contribution is 2.15. The normalized spacial score (nSPS) is 15.2. The number of hydrogen-bond acceptors (Lipinski definition) is 2. The molecule has 0 saturated carbocycles. The van der Waals surface area contributed by atoms with Gasteiger partial charge < -0.3 is 9.47 Å². The Morgan fingerprint density at radius 2 is 1.94 bits per heavy atom. The first-order chi connectivity index (χ1) is 7.70. The zero-order chi connectivity index (χ0) is 11.9. The standard InChI is InChI=1S/C14H20O2/c1-4-14(2,15-3)16-12-8-11-13-9-6-5-7-10-13/h5-11H,4,12H2,1-3H3. The topological polar surface area (TPSA) is 18.5 Å². The molecule has 1 aromatic carbocycles. The summed E-state index contributed by atoms with van der Waals surface area (Å²) in [4.78, 5) is 0. The summed E-state index contributed by atoms with van der Waals surface area (Å²) >= 11 is 0. The third-order valence-corrected chi connectivity index (χ3v) is 2.67. The molecule has 0 aliphatic carbocycles. The van der Waals surface area contributed by atoms with Crippen molar-refractivity contribution in [2.45, 2.75) is 26.1 Å². The highest BCUT2D eigenvalue weighted by Gasteiger charge is 2.20. The van der Waals surface area contributed by atoms with Crippen molar-refractivity contribution >= 4 is 6.08 Å². The van der Waals surface area contributed by atoms with E-state index in [9.17, 15) is 0 Å². The van der Waals surface area contributed by atoms with Crippen LogP contribution in [0.2, 0.25) is 0 Å². The van der Waals surface area contributed by atoms with E-state index in [0.29, 0.717) is 6.61 Å². The molecule has 1 rings (SSSR count). The summed E-state index contributed by atoms with van der Waals surface area (Å²) in [5.74, 6) is -0.471. The van der Waals surface area contributed by atoms with Crippen molar-refractivity contribution in [2.24, 2.45) is 0 Å². The second-order valence-corrected chi connectivity index (χ2v) is 3.82. The van der Waals surface area contributed by atoms with E-state index in [2.05, 4.69) is 12.1 Å². The Labute approximate surface area is 97.9 Å². The number of rotatable bonds is 6. The van der Waals surface area contributed by atoms with Gasteiger partial charge in [-0.1, -0.05) is 49.4 Å². The van der Waals surface area contributed by atoms with Gasteiger partial charge in [0.25, 0.3) is 0 Å². The maximum Gasteiger partial charge on any atom is 0.165 e. The Kier molecular flexibility index (Phi) is 5.23. The summed E-state index contributed by atoms with van der Waals surface area (Å²) in [5, 5.41) is 0. The Balaban J connectivity index is 2.38. The van der Waals surface area contributed by atoms with E-state index < -0.39 is 5.79 Å². The van der Waals surface area contributed by atoms with Gasteiger partial charge in [-0.15, -0.1) is 0 Å². The van der Waals surface area contributed by atoms with Gasteiger partial charge in [-0.2, -0.15) is 0 Å². The average molecular weight is 220 g/mol. The molecule has 0 amide bonds. The molecule has 0 radical (unpaired) electrons. The fraction of sp³-hybridized carbons (Fsp3) is 0.429. The first-order valence-electron chi connectivity index (χ1n) is 5.61. The molecule has 0 spiro atoms. The van der Waals surface area contributed by atoms with Crippen LogP contribution in [0.4, 0.5) is 0 Å². The number of hydrogen-bond donors (Lipinski definition) is 0. The zero-order valence-electron chi connectivity index (χ0n) is 10.3. The SMILES string of the molecule is CCC(C)(OC)OCC=Cc1ccccc1. The van der Waals surface area contributed by atoms with E-state index in [4.69, 9.17) is 9.47 Å². The van der Waals surface area contributed by atoms with E-state index in [-0.39, 0.29) is 0 Å². The highest BCUT2D eigenvalue weighted by molar-refractivity contribution is 5.48. The largest absolute Gasteiger partial charge is 0.353 e. The molecule has 0 aromatic heterocycles. The molecule has 0 fully saturated rings. The molecular weight excluding hydrogens is 200 g/mol. The van der Waals surface area contributed by atoms with Crippen LogP contribution in [0.3, 0.4) is 0 Å². The summed E-state index contributed by atoms with van der Waals surface area (Å²) in [7, 11) is 1.67. The summed E-state index contributed by atoms with van der Waals surface area (Å²) in [6.45, 7) is 4.56. The predicted molar refractivity (Wildman–Crippen MR) is 67.1 cm³/mol. The lowest BCUT2D eigenvalue weighted by Crippen LogP contribution is -2.30. The van der Waals surface area contributed by atoms with E-state index in [1.165, 1.54) is 5.56 Å². The van der Waals surface area contributed by atoms with E-state index in [1.807, 2.05) is 44.2 Å². The fourth-order valence-electron chi connectivity index (χ4n) is 1.28. The Hall–Kier alpha value is -1.12. The maximum absolute atomic E-state index is 5.64. The summed E-state index contributed by atoms with van der Waals surface area (Å²) in [6, 6.07) is 10.2. The van der Waals surface area contributed by atoms with Crippen LogP contribution >= 0.6 is 0 Å². The van der Waals surface area contributed by atoms with E-state index in [0.717, 1.165) is 6.42 Å². The Bertz CT molecular complexity index is 313. The van der Waals surface area contributed by atoms with Crippen LogP contribution in [0.25, 0.3) is 6.08 Å². The zero-order valence-corrected chi connectivity index (χ0v) is 10.3. The molecule has 0 heterocycles. The average Bonchev–Trinajstić information content (AvgIpc) is 2.36. The number of ether oxygens (including phenoxy) is 2. The Morgan fingerprint density at radius 1 is 1.25 bits per heavy atom. The molecule has 88 valence electrons. The third kappa shape index (κ3) is 4.17. The van der Waals surface area contributed by atoms with Crippen LogP contribution in [0.15, 0.2) is 36.4 Å². The number of benzene rings is 1. The highest BCUT2D eigenvalue weighted by atomic mass is 16.7. The van der Waals surface area contributed by atoms with Gasteiger partial charge in [-0.05, 0) is 18.9 Å². The first kappa shape index (κ1) is 12.9. The summed E-state index contributed by atoms with van der Waals surface area (Å²) in [6.07, 6.45) is 4.89. The lowest BCUT2D eigenvalue weighted by molar-refractivity contribution is -0.204. The maximum atomic E-state index is 5.64. The van der Waals surface area contributed by atoms with Crippen LogP contribution in [-0.2, 0) is 9.47 Å². The van der Waals surface area contributed by atoms with Gasteiger partial charge in [0.1, 0.15) is 0 Å². The second kappa shape index (κ2) is 6.46. The van der Waals surface area contributed by atoms with E-state index >= 15 is 0 Å². The molecule has 2 heteroatoms. The quantitative estimate of drug-likeness (QED) is 0.683. The minimum Gasteiger partial charge on any atom is -0.353 e. The molecule has 0 bridgehead atoms. The Morgan fingerprint density at radius 3 is 2.50 bits per heavy atom. The van der Waals surface area contributed by atoms with E-state index in [1.54, 1.807) is 7.11 Å². The van der Waals surface area contributed by atoms with Gasteiger partial charge in [0.15, 0.2) is 5.79 Å². The minimum absolute atomic E-state index is 0.471. The molecule has 0 aliphatic heterocycles. The summed E-state index contributed by atoms with van der Waals surface area (Å²) < 4.78 is 10.9. The molecule has 0 N–H and O–H groups in total. The first-order valence-corrected chi connectivity index (χ1v) is 5.61. The fourth-order valence-corrected chi connectivity index (χ4v) is 1.28. The van der Waals surface area contributed by atoms with Crippen LogP contribution in [0, 0.1) is 0 Å². The van der Waals surface area contributed by atoms with Crippen molar-refractivity contribution in [2.75, 3.05) is 13.7 Å². The van der Waals surface area contributed by atoms with Crippen LogP contribution in [-0.4, -0.2) is 19.5 Å². The molecule has 1 aromatic rings. The lowest BCUT2D eigenvalue weighted by atomic mass is 10.2. The molecule has 0 saturated heterocycles. The predicted octanol–water partition coefficient (Wildman–Crippen LogP) is 3.49. The van der Waals surface area contributed by atoms with Crippen molar-refractivity contribution in [1.82, 2.24) is 0 Å². The van der Waals surface area contributed by atoms with Gasteiger partial charge in [-0.25, -0.2) is 0 Å². The third-order valence-electron chi connectivity index (χ3n) is 2.67. The van der Waals surface area contributed by atoms with Crippen LogP contribution in [0.1, 0.15) is 25.8 Å². The van der Waals surface area contributed by atoms with Crippen molar-refractivity contribution in [3.63, 3.8) is 0 Å². The monoisotopic (exact) mass is 220 g/mol. The molecule has 0 aliphatic rings. The smallest absolute Gasteiger partial charge is 0.165 e. The lowest BCUT2D eigenvalue weighted by Gasteiger charge is -2.26. The van der Waals surface area contributed by atoms with Gasteiger partial charge in [0.05, 0.1) is 6.61 Å². The van der Waals surface area contributed by atoms with Gasteiger partial charge >= 0.3 is 0 Å². The van der Waals surface area contributed by atoms with Gasteiger partial charge in [0.2, 0.25) is 0 Å². The van der Waals surface area contributed by atoms with Crippen molar-refractivity contribution in [1.29, 1.82) is 0 Å². The number of methoxy groups -OCH3 is 1. The summed E-state index contributed by atoms with van der Waals surface area (Å²) in [5.41, 5.74) is 1.18. The molecule has 16 heavy (non-hydrogen) atoms. The van der Waals surface area contributed by atoms with Crippen molar-refractivity contribution in [3.8, 4) is 0 Å². The van der Waals surface area contributed by atoms with Crippen LogP contribution in [0.5, 0.6) is 0 Å². The van der Waals surface area contributed by atoms with Gasteiger partial charge in [-0.3, -0.25) is 0 Å². The van der Waals surface area contributed by atoms with Crippen molar-refractivity contribution < 1.29 is 9.47 Å². The van der Waals surface area contributed by atoms with Gasteiger partial charge in [0, 0.05) is 7.11 Å². The molecule has 1 unspecified atom stereocenters. The molecule has 2 nitrogen and oxygen atoms in total. The molecular formula is C14H20O2. The second-order valence-electron chi connectivity index (χ2n) is 3.82. The van der Waals surface area contributed by atoms with Crippen LogP contribution < -0.4 is 0 Å².